The number of nitrogen functional groups attached to an aromatic ring is 1. The van der Waals surface area contributed by atoms with Crippen LogP contribution < -0.4 is 20.7 Å². The molecule has 2 atom stereocenters. The van der Waals surface area contributed by atoms with E-state index in [0.29, 0.717) is 51.7 Å². The highest BCUT2D eigenvalue weighted by Gasteiger charge is 2.45. The molecule has 8 rings (SSSR count). The fraction of sp³-hybridized carbons (Fsp3) is 0.438. The van der Waals surface area contributed by atoms with Crippen LogP contribution in [0.2, 0.25) is 5.02 Å². The summed E-state index contributed by atoms with van der Waals surface area (Å²) in [4.78, 5) is 14.5. The molecule has 41 heavy (non-hydrogen) atoms. The van der Waals surface area contributed by atoms with E-state index in [1.807, 2.05) is 36.4 Å². The summed E-state index contributed by atoms with van der Waals surface area (Å²) in [5.41, 5.74) is 8.04. The summed E-state index contributed by atoms with van der Waals surface area (Å²) in [5, 5.41) is 6.42. The van der Waals surface area contributed by atoms with Gasteiger partial charge in [0.05, 0.1) is 10.6 Å². The van der Waals surface area contributed by atoms with Gasteiger partial charge in [0.2, 0.25) is 0 Å². The van der Waals surface area contributed by atoms with Crippen LogP contribution in [0.15, 0.2) is 42.5 Å². The summed E-state index contributed by atoms with van der Waals surface area (Å²) < 4.78 is 23.2. The third kappa shape index (κ3) is 4.22. The topological polar surface area (TPSA) is 79.5 Å². The SMILES string of the molecule is Nc1cc(-c2c(Cl)cc3c(N4CC5CCC(C4)N5)nc(OCC45CCCN4CCC5)nc3c2F)c2ccccc2c1. The normalized spacial score (nSPS) is 23.5. The number of benzene rings is 3. The number of aromatic nitrogens is 2. The zero-order valence-electron chi connectivity index (χ0n) is 23.0. The van der Waals surface area contributed by atoms with E-state index in [2.05, 4.69) is 15.1 Å². The minimum atomic E-state index is -0.476. The maximum Gasteiger partial charge on any atom is 0.319 e. The van der Waals surface area contributed by atoms with Crippen molar-refractivity contribution in [2.75, 3.05) is 43.4 Å². The molecular weight excluding hydrogens is 539 g/mol. The first-order valence-corrected chi connectivity index (χ1v) is 15.2. The van der Waals surface area contributed by atoms with Crippen LogP contribution in [-0.4, -0.2) is 65.3 Å². The van der Waals surface area contributed by atoms with E-state index in [-0.39, 0.29) is 17.1 Å². The summed E-state index contributed by atoms with van der Waals surface area (Å²) in [6.07, 6.45) is 6.86. The van der Waals surface area contributed by atoms with Gasteiger partial charge in [-0.3, -0.25) is 4.90 Å². The highest BCUT2D eigenvalue weighted by Crippen LogP contribution is 2.43. The highest BCUT2D eigenvalue weighted by atomic mass is 35.5. The number of hydrogen-bond acceptors (Lipinski definition) is 7. The van der Waals surface area contributed by atoms with Gasteiger partial charge in [-0.25, -0.2) is 4.39 Å². The van der Waals surface area contributed by atoms with Gasteiger partial charge in [-0.1, -0.05) is 35.9 Å². The zero-order chi connectivity index (χ0) is 27.7. The van der Waals surface area contributed by atoms with Gasteiger partial charge >= 0.3 is 6.01 Å². The van der Waals surface area contributed by atoms with E-state index in [0.717, 1.165) is 62.6 Å². The maximum atomic E-state index is 16.8. The number of anilines is 2. The van der Waals surface area contributed by atoms with E-state index >= 15 is 4.39 Å². The molecule has 3 aromatic carbocycles. The Labute approximate surface area is 243 Å². The minimum Gasteiger partial charge on any atom is -0.461 e. The van der Waals surface area contributed by atoms with Gasteiger partial charge in [0, 0.05) is 41.8 Å². The molecule has 1 aromatic heterocycles. The fourth-order valence-corrected chi connectivity index (χ4v) is 8.18. The Kier molecular flexibility index (Phi) is 6.02. The second-order valence-electron chi connectivity index (χ2n) is 12.3. The lowest BCUT2D eigenvalue weighted by molar-refractivity contribution is 0.108. The van der Waals surface area contributed by atoms with Gasteiger partial charge in [-0.05, 0) is 86.1 Å². The van der Waals surface area contributed by atoms with Crippen molar-refractivity contribution in [2.24, 2.45) is 0 Å². The average molecular weight is 573 g/mol. The Morgan fingerprint density at radius 2 is 1.78 bits per heavy atom. The molecule has 0 saturated carbocycles. The Bertz CT molecular complexity index is 1660. The van der Waals surface area contributed by atoms with Crippen LogP contribution in [0.4, 0.5) is 15.9 Å². The molecule has 5 heterocycles. The quantitative estimate of drug-likeness (QED) is 0.294. The molecule has 0 aliphatic carbocycles. The molecule has 0 amide bonds. The van der Waals surface area contributed by atoms with Crippen LogP contribution in [0.5, 0.6) is 6.01 Å². The molecule has 212 valence electrons. The van der Waals surface area contributed by atoms with Crippen molar-refractivity contribution in [3.63, 3.8) is 0 Å². The molecule has 4 fully saturated rings. The number of hydrogen-bond donors (Lipinski definition) is 2. The van der Waals surface area contributed by atoms with Crippen molar-refractivity contribution >= 4 is 44.8 Å². The third-order valence-corrected chi connectivity index (χ3v) is 10.1. The number of nitrogens with zero attached hydrogens (tertiary/aromatic N) is 4. The number of ether oxygens (including phenoxy) is 1. The molecular formula is C32H34ClFN6O. The van der Waals surface area contributed by atoms with Crippen LogP contribution in [0.3, 0.4) is 0 Å². The number of piperazine rings is 1. The van der Waals surface area contributed by atoms with Crippen molar-refractivity contribution in [1.82, 2.24) is 20.2 Å². The molecule has 4 aromatic rings. The smallest absolute Gasteiger partial charge is 0.319 e. The van der Waals surface area contributed by atoms with Gasteiger partial charge in [0.25, 0.3) is 0 Å². The van der Waals surface area contributed by atoms with Gasteiger partial charge in [0.15, 0.2) is 5.82 Å². The van der Waals surface area contributed by atoms with Crippen molar-refractivity contribution < 1.29 is 9.13 Å². The first kappa shape index (κ1) is 25.5. The van der Waals surface area contributed by atoms with Crippen molar-refractivity contribution in [2.45, 2.75) is 56.1 Å². The number of nitrogens with two attached hydrogens (primary N) is 1. The summed E-state index contributed by atoms with van der Waals surface area (Å²) in [7, 11) is 0. The maximum absolute atomic E-state index is 16.8. The van der Waals surface area contributed by atoms with Crippen LogP contribution in [-0.2, 0) is 0 Å². The van der Waals surface area contributed by atoms with Gasteiger partial charge in [0.1, 0.15) is 17.9 Å². The monoisotopic (exact) mass is 572 g/mol. The van der Waals surface area contributed by atoms with Gasteiger partial charge in [-0.15, -0.1) is 0 Å². The molecule has 4 saturated heterocycles. The van der Waals surface area contributed by atoms with Crippen LogP contribution in [0.1, 0.15) is 38.5 Å². The lowest BCUT2D eigenvalue weighted by Gasteiger charge is -2.35. The van der Waals surface area contributed by atoms with E-state index in [4.69, 9.17) is 32.0 Å². The molecule has 2 bridgehead atoms. The Balaban J connectivity index is 1.28. The lowest BCUT2D eigenvalue weighted by atomic mass is 9.95. The Hall–Kier alpha value is -3.20. The largest absolute Gasteiger partial charge is 0.461 e. The first-order chi connectivity index (χ1) is 20.0. The Morgan fingerprint density at radius 3 is 2.56 bits per heavy atom. The summed E-state index contributed by atoms with van der Waals surface area (Å²) in [5.74, 6) is 0.219. The van der Waals surface area contributed by atoms with Crippen LogP contribution >= 0.6 is 11.6 Å². The van der Waals surface area contributed by atoms with Gasteiger partial charge in [-0.2, -0.15) is 9.97 Å². The number of nitrogens with one attached hydrogen (secondary N) is 1. The summed E-state index contributed by atoms with van der Waals surface area (Å²) >= 11 is 6.92. The molecule has 0 spiro atoms. The van der Waals surface area contributed by atoms with Crippen molar-refractivity contribution in [3.8, 4) is 17.1 Å². The van der Waals surface area contributed by atoms with Crippen molar-refractivity contribution in [1.29, 1.82) is 0 Å². The first-order valence-electron chi connectivity index (χ1n) is 14.8. The van der Waals surface area contributed by atoms with Gasteiger partial charge < -0.3 is 20.7 Å². The Morgan fingerprint density at radius 1 is 1.02 bits per heavy atom. The molecule has 7 nitrogen and oxygen atoms in total. The summed E-state index contributed by atoms with van der Waals surface area (Å²) in [6.45, 7) is 4.36. The third-order valence-electron chi connectivity index (χ3n) is 9.79. The van der Waals surface area contributed by atoms with E-state index in [1.165, 1.54) is 12.8 Å². The highest BCUT2D eigenvalue weighted by molar-refractivity contribution is 6.35. The van der Waals surface area contributed by atoms with E-state index in [9.17, 15) is 0 Å². The lowest BCUT2D eigenvalue weighted by Crippen LogP contribution is -2.51. The molecule has 3 N–H and O–H groups in total. The molecule has 0 radical (unpaired) electrons. The number of fused-ring (bicyclic) bond motifs is 5. The van der Waals surface area contributed by atoms with Crippen LogP contribution in [0.25, 0.3) is 32.8 Å². The molecule has 4 aliphatic heterocycles. The number of halogens is 2. The molecule has 9 heteroatoms. The minimum absolute atomic E-state index is 0.0385. The molecule has 4 aliphatic rings. The standard InChI is InChI=1S/C32H34ClFN6O/c33-26-15-25-29(28(34)27(26)24-14-20(35)13-19-5-1-2-6-23(19)24)37-31(41-18-32-9-3-11-40(32)12-4-10-32)38-30(25)39-16-21-7-8-22(17-39)36-21/h1-2,5-6,13-15,21-22,36H,3-4,7-12,16-18,35H2. The second-order valence-corrected chi connectivity index (χ2v) is 12.7. The van der Waals surface area contributed by atoms with Crippen LogP contribution in [0, 0.1) is 5.82 Å². The average Bonchev–Trinajstić information content (AvgIpc) is 3.65. The van der Waals surface area contributed by atoms with E-state index < -0.39 is 5.82 Å². The van der Waals surface area contributed by atoms with Crippen molar-refractivity contribution in [3.05, 3.63) is 53.3 Å². The summed E-state index contributed by atoms with van der Waals surface area (Å²) in [6, 6.07) is 14.4. The fourth-order valence-electron chi connectivity index (χ4n) is 7.88. The predicted octanol–water partition coefficient (Wildman–Crippen LogP) is 5.77. The predicted molar refractivity (Wildman–Crippen MR) is 162 cm³/mol. The molecule has 2 unspecified atom stereocenters. The van der Waals surface area contributed by atoms with E-state index in [1.54, 1.807) is 6.07 Å². The second kappa shape index (κ2) is 9.68. The number of rotatable bonds is 5. The zero-order valence-corrected chi connectivity index (χ0v) is 23.8.